The van der Waals surface area contributed by atoms with Crippen LogP contribution < -0.4 is 0 Å². The van der Waals surface area contributed by atoms with Crippen molar-refractivity contribution in [2.75, 3.05) is 0 Å². The summed E-state index contributed by atoms with van der Waals surface area (Å²) in [4.78, 5) is 15.7. The Morgan fingerprint density at radius 1 is 0.327 bits per heavy atom. The van der Waals surface area contributed by atoms with Crippen LogP contribution in [-0.2, 0) is 0 Å². The van der Waals surface area contributed by atoms with Crippen LogP contribution >= 0.6 is 0 Å². The van der Waals surface area contributed by atoms with Gasteiger partial charge in [-0.3, -0.25) is 0 Å². The van der Waals surface area contributed by atoms with Gasteiger partial charge in [0.2, 0.25) is 0 Å². The topological polar surface area (TPSA) is 65.0 Å². The minimum absolute atomic E-state index is 0.571. The third-order valence-corrected chi connectivity index (χ3v) is 10.1. The third kappa shape index (κ3) is 4.39. The van der Waals surface area contributed by atoms with Gasteiger partial charge in [-0.15, -0.1) is 0 Å². The first-order chi connectivity index (χ1) is 25.8. The van der Waals surface area contributed by atoms with Crippen molar-refractivity contribution in [1.82, 2.24) is 15.0 Å². The lowest BCUT2D eigenvalue weighted by Gasteiger charge is -2.12. The number of nitrogens with zero attached hydrogens (tertiary/aromatic N) is 3. The average molecular weight is 666 g/mol. The maximum absolute atomic E-state index is 6.66. The highest BCUT2D eigenvalue weighted by molar-refractivity contribution is 6.22. The number of hydrogen-bond acceptors (Lipinski definition) is 5. The molecule has 0 aliphatic heterocycles. The molecule has 5 nitrogen and oxygen atoms in total. The van der Waals surface area contributed by atoms with Gasteiger partial charge in [-0.05, 0) is 57.6 Å². The first-order valence-corrected chi connectivity index (χ1v) is 17.4. The molecule has 0 radical (unpaired) electrons. The normalized spacial score (nSPS) is 11.8. The quantitative estimate of drug-likeness (QED) is 0.187. The van der Waals surface area contributed by atoms with Crippen LogP contribution in [0.1, 0.15) is 0 Å². The number of hydrogen-bond donors (Lipinski definition) is 0. The second-order valence-electron chi connectivity index (χ2n) is 13.1. The van der Waals surface area contributed by atoms with Gasteiger partial charge in [0.15, 0.2) is 17.5 Å². The Balaban J connectivity index is 1.21. The van der Waals surface area contributed by atoms with Crippen molar-refractivity contribution in [2.24, 2.45) is 0 Å². The summed E-state index contributed by atoms with van der Waals surface area (Å²) < 4.78 is 13.0. The predicted molar refractivity (Wildman–Crippen MR) is 211 cm³/mol. The molecule has 0 aliphatic rings. The molecule has 0 aliphatic carbocycles. The lowest BCUT2D eigenvalue weighted by Crippen LogP contribution is -2.01. The smallest absolute Gasteiger partial charge is 0.164 e. The van der Waals surface area contributed by atoms with Gasteiger partial charge >= 0.3 is 0 Å². The number of benzene rings is 8. The van der Waals surface area contributed by atoms with Crippen LogP contribution in [0.2, 0.25) is 0 Å². The Labute approximate surface area is 297 Å². The summed E-state index contributed by atoms with van der Waals surface area (Å²) in [5, 5.41) is 8.42. The zero-order chi connectivity index (χ0) is 34.2. The molecule has 0 unspecified atom stereocenters. The van der Waals surface area contributed by atoms with E-state index in [0.29, 0.717) is 17.5 Å². The Kier molecular flexibility index (Phi) is 6.18. The lowest BCUT2D eigenvalue weighted by atomic mass is 9.96. The summed E-state index contributed by atoms with van der Waals surface area (Å²) in [5.41, 5.74) is 8.27. The monoisotopic (exact) mass is 665 g/mol. The van der Waals surface area contributed by atoms with E-state index in [2.05, 4.69) is 127 Å². The molecule has 0 saturated heterocycles. The molecule has 3 aromatic heterocycles. The molecule has 0 amide bonds. The Morgan fingerprint density at radius 3 is 1.85 bits per heavy atom. The zero-order valence-electron chi connectivity index (χ0n) is 27.7. The SMILES string of the molecule is c1ccc(-c2cccc3oc4c5ccccc5c(-c5nc(-c6ccc7c(c6)oc6ccccc67)nc(-c6cccc7ccccc67)n5)cc4c23)cc1. The van der Waals surface area contributed by atoms with Gasteiger partial charge in [0.1, 0.15) is 22.3 Å². The van der Waals surface area contributed by atoms with E-state index in [1.54, 1.807) is 0 Å². The van der Waals surface area contributed by atoms with E-state index in [0.717, 1.165) is 93.2 Å². The fourth-order valence-corrected chi connectivity index (χ4v) is 7.72. The Bertz CT molecular complexity index is 3190. The maximum atomic E-state index is 6.66. The van der Waals surface area contributed by atoms with Crippen molar-refractivity contribution in [3.63, 3.8) is 0 Å². The lowest BCUT2D eigenvalue weighted by molar-refractivity contribution is 0.669. The molecular formula is C47H27N3O2. The minimum Gasteiger partial charge on any atom is -0.456 e. The molecule has 0 bridgehead atoms. The molecule has 0 spiro atoms. The predicted octanol–water partition coefficient (Wildman–Crippen LogP) is 12.6. The Hall–Kier alpha value is -7.11. The van der Waals surface area contributed by atoms with E-state index >= 15 is 0 Å². The number of fused-ring (bicyclic) bond motifs is 9. The molecule has 242 valence electrons. The fraction of sp³-hybridized carbons (Fsp3) is 0. The maximum Gasteiger partial charge on any atom is 0.164 e. The highest BCUT2D eigenvalue weighted by Crippen LogP contribution is 2.43. The third-order valence-electron chi connectivity index (χ3n) is 10.1. The van der Waals surface area contributed by atoms with Gasteiger partial charge in [-0.1, -0.05) is 133 Å². The van der Waals surface area contributed by atoms with Gasteiger partial charge in [-0.25, -0.2) is 15.0 Å². The van der Waals surface area contributed by atoms with Crippen molar-refractivity contribution in [1.29, 1.82) is 0 Å². The van der Waals surface area contributed by atoms with Gasteiger partial charge in [-0.2, -0.15) is 0 Å². The number of furan rings is 2. The molecule has 3 heterocycles. The zero-order valence-corrected chi connectivity index (χ0v) is 27.7. The number of para-hydroxylation sites is 1. The van der Waals surface area contributed by atoms with Crippen LogP contribution in [0.3, 0.4) is 0 Å². The molecule has 11 rings (SSSR count). The van der Waals surface area contributed by atoms with Crippen LogP contribution in [0.4, 0.5) is 0 Å². The summed E-state index contributed by atoms with van der Waals surface area (Å²) in [5.74, 6) is 1.76. The van der Waals surface area contributed by atoms with Crippen LogP contribution in [0.25, 0.3) is 111 Å². The highest BCUT2D eigenvalue weighted by Gasteiger charge is 2.21. The number of rotatable bonds is 4. The fourth-order valence-electron chi connectivity index (χ4n) is 7.72. The van der Waals surface area contributed by atoms with Gasteiger partial charge in [0.25, 0.3) is 0 Å². The molecular weight excluding hydrogens is 639 g/mol. The van der Waals surface area contributed by atoms with Crippen molar-refractivity contribution in [2.45, 2.75) is 0 Å². The van der Waals surface area contributed by atoms with E-state index < -0.39 is 0 Å². The summed E-state index contributed by atoms with van der Waals surface area (Å²) in [7, 11) is 0. The van der Waals surface area contributed by atoms with Gasteiger partial charge in [0, 0.05) is 43.6 Å². The molecule has 5 heteroatoms. The van der Waals surface area contributed by atoms with Crippen molar-refractivity contribution in [3.8, 4) is 45.3 Å². The summed E-state index contributed by atoms with van der Waals surface area (Å²) in [6.07, 6.45) is 0. The average Bonchev–Trinajstić information content (AvgIpc) is 3.79. The van der Waals surface area contributed by atoms with E-state index in [4.69, 9.17) is 23.8 Å². The summed E-state index contributed by atoms with van der Waals surface area (Å²) in [6, 6.07) is 56.2. The number of aromatic nitrogens is 3. The molecule has 11 aromatic rings. The summed E-state index contributed by atoms with van der Waals surface area (Å²) in [6.45, 7) is 0. The van der Waals surface area contributed by atoms with Crippen LogP contribution in [0, 0.1) is 0 Å². The van der Waals surface area contributed by atoms with E-state index in [9.17, 15) is 0 Å². The molecule has 0 fully saturated rings. The van der Waals surface area contributed by atoms with E-state index in [-0.39, 0.29) is 0 Å². The largest absolute Gasteiger partial charge is 0.456 e. The second kappa shape index (κ2) is 11.2. The molecule has 8 aromatic carbocycles. The molecule has 0 atom stereocenters. The first kappa shape index (κ1) is 28.7. The van der Waals surface area contributed by atoms with E-state index in [1.165, 1.54) is 0 Å². The van der Waals surface area contributed by atoms with Crippen LogP contribution in [-0.4, -0.2) is 15.0 Å². The van der Waals surface area contributed by atoms with E-state index in [1.807, 2.05) is 36.4 Å². The molecule has 52 heavy (non-hydrogen) atoms. The van der Waals surface area contributed by atoms with Gasteiger partial charge < -0.3 is 8.83 Å². The molecule has 0 saturated carbocycles. The van der Waals surface area contributed by atoms with Crippen LogP contribution in [0.15, 0.2) is 173 Å². The standard InChI is InChI=1S/C47H27N3O2/c1-2-12-29(13-3-1)32-20-11-23-41-43(32)39-27-38(33-17-6-7-19-36(33)44(39)52-41)47-49-45(30-24-25-35-34-18-8-9-22-40(34)51-42(35)26-30)48-46(50-47)37-21-10-15-28-14-4-5-16-31(28)37/h1-27H. The van der Waals surface area contributed by atoms with Crippen molar-refractivity contribution in [3.05, 3.63) is 164 Å². The minimum atomic E-state index is 0.571. The van der Waals surface area contributed by atoms with Gasteiger partial charge in [0.05, 0.1) is 0 Å². The summed E-state index contributed by atoms with van der Waals surface area (Å²) >= 11 is 0. The van der Waals surface area contributed by atoms with Crippen molar-refractivity contribution < 1.29 is 8.83 Å². The molecule has 0 N–H and O–H groups in total. The van der Waals surface area contributed by atoms with Crippen LogP contribution in [0.5, 0.6) is 0 Å². The van der Waals surface area contributed by atoms with Crippen molar-refractivity contribution >= 4 is 65.4 Å². The first-order valence-electron chi connectivity index (χ1n) is 17.4. The second-order valence-corrected chi connectivity index (χ2v) is 13.1. The highest BCUT2D eigenvalue weighted by atomic mass is 16.3. The Morgan fingerprint density at radius 2 is 0.962 bits per heavy atom.